The number of halogens is 1. The Balaban J connectivity index is 2.90. The van der Waals surface area contributed by atoms with E-state index in [-0.39, 0.29) is 12.0 Å². The average molecular weight is 197 g/mol. The Labute approximate surface area is 81.4 Å². The van der Waals surface area contributed by atoms with E-state index in [1.54, 1.807) is 13.0 Å². The molecule has 1 unspecified atom stereocenters. The van der Waals surface area contributed by atoms with Crippen LogP contribution in [-0.4, -0.2) is 11.1 Å². The zero-order valence-corrected chi connectivity index (χ0v) is 7.83. The van der Waals surface area contributed by atoms with Crippen LogP contribution in [0, 0.1) is 12.7 Å². The molecule has 0 saturated heterocycles. The van der Waals surface area contributed by atoms with Crippen molar-refractivity contribution in [3.63, 3.8) is 0 Å². The fraction of sp³-hybridized carbons (Fsp3) is 0.300. The van der Waals surface area contributed by atoms with Gasteiger partial charge in [0, 0.05) is 11.6 Å². The van der Waals surface area contributed by atoms with Crippen LogP contribution in [0.5, 0.6) is 0 Å². The summed E-state index contributed by atoms with van der Waals surface area (Å²) in [4.78, 5) is 10.4. The Kier molecular flexibility index (Phi) is 3.19. The minimum atomic E-state index is -1.03. The van der Waals surface area contributed by atoms with Crippen molar-refractivity contribution in [2.45, 2.75) is 19.4 Å². The maximum atomic E-state index is 13.3. The fourth-order valence-corrected chi connectivity index (χ4v) is 1.23. The smallest absolute Gasteiger partial charge is 0.305 e. The van der Waals surface area contributed by atoms with Crippen molar-refractivity contribution < 1.29 is 14.3 Å². The van der Waals surface area contributed by atoms with E-state index in [1.807, 2.05) is 0 Å². The van der Waals surface area contributed by atoms with Crippen molar-refractivity contribution in [1.29, 1.82) is 0 Å². The Morgan fingerprint density at radius 1 is 1.64 bits per heavy atom. The molecule has 1 aromatic carbocycles. The maximum absolute atomic E-state index is 13.3. The highest BCUT2D eigenvalue weighted by Gasteiger charge is 2.14. The van der Waals surface area contributed by atoms with Crippen LogP contribution in [0.3, 0.4) is 0 Å². The summed E-state index contributed by atoms with van der Waals surface area (Å²) in [5.41, 5.74) is 6.56. The molecule has 0 saturated carbocycles. The predicted octanol–water partition coefficient (Wildman–Crippen LogP) is 1.61. The molecule has 0 bridgehead atoms. The minimum absolute atomic E-state index is 0.248. The van der Waals surface area contributed by atoms with Gasteiger partial charge in [0.15, 0.2) is 0 Å². The highest BCUT2D eigenvalue weighted by molar-refractivity contribution is 5.67. The number of carboxylic acid groups (broad SMARTS) is 1. The molecule has 1 atom stereocenters. The van der Waals surface area contributed by atoms with Crippen LogP contribution in [0.15, 0.2) is 18.2 Å². The molecular weight excluding hydrogens is 185 g/mol. The third kappa shape index (κ3) is 2.53. The van der Waals surface area contributed by atoms with Crippen LogP contribution >= 0.6 is 0 Å². The summed E-state index contributed by atoms with van der Waals surface area (Å²) in [6, 6.07) is 3.79. The van der Waals surface area contributed by atoms with Gasteiger partial charge in [0.1, 0.15) is 5.82 Å². The monoisotopic (exact) mass is 197 g/mol. The minimum Gasteiger partial charge on any atom is -0.481 e. The first-order valence-corrected chi connectivity index (χ1v) is 4.24. The molecule has 14 heavy (non-hydrogen) atoms. The molecule has 0 aromatic heterocycles. The molecule has 76 valence electrons. The van der Waals surface area contributed by atoms with Crippen molar-refractivity contribution in [3.8, 4) is 0 Å². The van der Waals surface area contributed by atoms with Gasteiger partial charge in [0.25, 0.3) is 0 Å². The number of aliphatic carboxylic acids is 1. The zero-order valence-electron chi connectivity index (χ0n) is 7.83. The Morgan fingerprint density at radius 3 is 2.79 bits per heavy atom. The number of hydrogen-bond donors (Lipinski definition) is 2. The molecule has 0 aliphatic heterocycles. The summed E-state index contributed by atoms with van der Waals surface area (Å²) in [5.74, 6) is -1.48. The molecule has 0 fully saturated rings. The second kappa shape index (κ2) is 4.19. The van der Waals surface area contributed by atoms with Crippen molar-refractivity contribution in [3.05, 3.63) is 35.1 Å². The third-order valence-corrected chi connectivity index (χ3v) is 1.95. The lowest BCUT2D eigenvalue weighted by atomic mass is 10.0. The van der Waals surface area contributed by atoms with E-state index in [2.05, 4.69) is 0 Å². The normalized spacial score (nSPS) is 12.5. The molecule has 0 aliphatic carbocycles. The molecule has 1 aromatic rings. The standard InChI is InChI=1S/C10H12FNO2/c1-6-2-3-7(8(11)4-6)9(12)5-10(13)14/h2-4,9H,5,12H2,1H3,(H,13,14). The molecule has 3 N–H and O–H groups in total. The highest BCUT2D eigenvalue weighted by atomic mass is 19.1. The highest BCUT2D eigenvalue weighted by Crippen LogP contribution is 2.18. The summed E-state index contributed by atoms with van der Waals surface area (Å²) >= 11 is 0. The van der Waals surface area contributed by atoms with Gasteiger partial charge in [-0.25, -0.2) is 4.39 Å². The number of benzene rings is 1. The Morgan fingerprint density at radius 2 is 2.29 bits per heavy atom. The lowest BCUT2D eigenvalue weighted by Crippen LogP contribution is -2.16. The summed E-state index contributed by atoms with van der Waals surface area (Å²) in [6.45, 7) is 1.76. The van der Waals surface area contributed by atoms with Crippen LogP contribution < -0.4 is 5.73 Å². The van der Waals surface area contributed by atoms with Crippen LogP contribution in [0.1, 0.15) is 23.6 Å². The van der Waals surface area contributed by atoms with E-state index < -0.39 is 17.8 Å². The van der Waals surface area contributed by atoms with Crippen LogP contribution in [0.2, 0.25) is 0 Å². The Bertz CT molecular complexity index is 352. The van der Waals surface area contributed by atoms with Crippen LogP contribution in [0.4, 0.5) is 4.39 Å². The fourth-order valence-electron chi connectivity index (χ4n) is 1.23. The van der Waals surface area contributed by atoms with Crippen molar-refractivity contribution in [2.24, 2.45) is 5.73 Å². The summed E-state index contributed by atoms with van der Waals surface area (Å²) < 4.78 is 13.3. The first-order valence-electron chi connectivity index (χ1n) is 4.24. The number of rotatable bonds is 3. The lowest BCUT2D eigenvalue weighted by Gasteiger charge is -2.10. The first kappa shape index (κ1) is 10.7. The maximum Gasteiger partial charge on any atom is 0.305 e. The quantitative estimate of drug-likeness (QED) is 0.773. The molecule has 0 spiro atoms. The van der Waals surface area contributed by atoms with Gasteiger partial charge < -0.3 is 10.8 Å². The second-order valence-corrected chi connectivity index (χ2v) is 3.23. The molecule has 0 amide bonds. The van der Waals surface area contributed by atoms with E-state index in [4.69, 9.17) is 10.8 Å². The predicted molar refractivity (Wildman–Crippen MR) is 50.3 cm³/mol. The van der Waals surface area contributed by atoms with E-state index in [0.29, 0.717) is 0 Å². The largest absolute Gasteiger partial charge is 0.481 e. The molecule has 0 aliphatic rings. The second-order valence-electron chi connectivity index (χ2n) is 3.23. The molecule has 0 radical (unpaired) electrons. The first-order chi connectivity index (χ1) is 6.50. The topological polar surface area (TPSA) is 63.3 Å². The van der Waals surface area contributed by atoms with Gasteiger partial charge in [-0.05, 0) is 18.6 Å². The lowest BCUT2D eigenvalue weighted by molar-refractivity contribution is -0.137. The summed E-state index contributed by atoms with van der Waals surface area (Å²) in [6.07, 6.45) is -0.264. The van der Waals surface area contributed by atoms with E-state index in [9.17, 15) is 9.18 Å². The van der Waals surface area contributed by atoms with E-state index >= 15 is 0 Å². The van der Waals surface area contributed by atoms with Crippen molar-refractivity contribution in [1.82, 2.24) is 0 Å². The van der Waals surface area contributed by atoms with Crippen LogP contribution in [-0.2, 0) is 4.79 Å². The third-order valence-electron chi connectivity index (χ3n) is 1.95. The van der Waals surface area contributed by atoms with Gasteiger partial charge in [0.05, 0.1) is 6.42 Å². The average Bonchev–Trinajstić information content (AvgIpc) is 2.01. The number of nitrogens with two attached hydrogens (primary N) is 1. The number of carbonyl (C=O) groups is 1. The van der Waals surface area contributed by atoms with Gasteiger partial charge in [-0.2, -0.15) is 0 Å². The van der Waals surface area contributed by atoms with E-state index in [0.717, 1.165) is 5.56 Å². The van der Waals surface area contributed by atoms with Gasteiger partial charge in [-0.3, -0.25) is 4.79 Å². The summed E-state index contributed by atoms with van der Waals surface area (Å²) in [7, 11) is 0. The SMILES string of the molecule is Cc1ccc(C(N)CC(=O)O)c(F)c1. The van der Waals surface area contributed by atoms with Crippen molar-refractivity contribution >= 4 is 5.97 Å². The van der Waals surface area contributed by atoms with Gasteiger partial charge in [-0.15, -0.1) is 0 Å². The molecule has 4 heteroatoms. The summed E-state index contributed by atoms with van der Waals surface area (Å²) in [5, 5.41) is 8.49. The van der Waals surface area contributed by atoms with Gasteiger partial charge in [-0.1, -0.05) is 12.1 Å². The number of hydrogen-bond acceptors (Lipinski definition) is 2. The van der Waals surface area contributed by atoms with Crippen molar-refractivity contribution in [2.75, 3.05) is 0 Å². The Hall–Kier alpha value is -1.42. The van der Waals surface area contributed by atoms with Crippen LogP contribution in [0.25, 0.3) is 0 Å². The number of aryl methyl sites for hydroxylation is 1. The van der Waals surface area contributed by atoms with Gasteiger partial charge >= 0.3 is 5.97 Å². The molecule has 0 heterocycles. The number of carboxylic acids is 1. The van der Waals surface area contributed by atoms with Gasteiger partial charge in [0.2, 0.25) is 0 Å². The zero-order chi connectivity index (χ0) is 10.7. The molecule has 1 rings (SSSR count). The molecule has 3 nitrogen and oxygen atoms in total. The van der Waals surface area contributed by atoms with E-state index in [1.165, 1.54) is 12.1 Å². The molecular formula is C10H12FNO2.